The van der Waals surface area contributed by atoms with Crippen LogP contribution < -0.4 is 4.90 Å². The van der Waals surface area contributed by atoms with Gasteiger partial charge in [-0.2, -0.15) is 0 Å². The minimum absolute atomic E-state index is 0.133. The van der Waals surface area contributed by atoms with Gasteiger partial charge in [-0.3, -0.25) is 4.90 Å². The highest BCUT2D eigenvalue weighted by Gasteiger charge is 2.29. The topological polar surface area (TPSA) is 66.8 Å². The number of carbonyl (C=O) groups excluding carboxylic acids is 1. The molecule has 1 saturated heterocycles. The summed E-state index contributed by atoms with van der Waals surface area (Å²) >= 11 is 0. The molecule has 0 aromatic heterocycles. The molecular weight excluding hydrogens is 210 g/mol. The molecule has 2 rings (SSSR count). The van der Waals surface area contributed by atoms with Gasteiger partial charge in [0.05, 0.1) is 12.1 Å². The van der Waals surface area contributed by atoms with Crippen LogP contribution in [-0.2, 0) is 4.74 Å². The summed E-state index contributed by atoms with van der Waals surface area (Å²) in [7, 11) is 0. The van der Waals surface area contributed by atoms with E-state index in [-0.39, 0.29) is 11.7 Å². The number of aromatic carboxylic acids is 1. The van der Waals surface area contributed by atoms with Crippen molar-refractivity contribution in [2.75, 3.05) is 11.4 Å². The maximum absolute atomic E-state index is 11.4. The minimum Gasteiger partial charge on any atom is -0.478 e. The molecule has 1 aromatic carbocycles. The Hall–Kier alpha value is -2.04. The second-order valence-electron chi connectivity index (χ2n) is 3.66. The molecule has 1 N–H and O–H groups in total. The monoisotopic (exact) mass is 221 g/mol. The van der Waals surface area contributed by atoms with Gasteiger partial charge in [-0.05, 0) is 31.2 Å². The zero-order valence-electron chi connectivity index (χ0n) is 8.71. The summed E-state index contributed by atoms with van der Waals surface area (Å²) in [6, 6.07) is 6.13. The van der Waals surface area contributed by atoms with Crippen LogP contribution in [0.25, 0.3) is 0 Å². The summed E-state index contributed by atoms with van der Waals surface area (Å²) in [5, 5.41) is 8.73. The van der Waals surface area contributed by atoms with E-state index < -0.39 is 12.1 Å². The lowest BCUT2D eigenvalue weighted by atomic mass is 10.2. The molecule has 16 heavy (non-hydrogen) atoms. The fourth-order valence-corrected chi connectivity index (χ4v) is 1.60. The highest BCUT2D eigenvalue weighted by Crippen LogP contribution is 2.21. The Bertz CT molecular complexity index is 426. The lowest BCUT2D eigenvalue weighted by Gasteiger charge is -2.12. The molecule has 0 spiro atoms. The Kier molecular flexibility index (Phi) is 2.52. The van der Waals surface area contributed by atoms with Gasteiger partial charge in [0, 0.05) is 5.69 Å². The second-order valence-corrected chi connectivity index (χ2v) is 3.66. The number of benzene rings is 1. The van der Waals surface area contributed by atoms with Crippen molar-refractivity contribution in [3.8, 4) is 0 Å². The van der Waals surface area contributed by atoms with E-state index in [2.05, 4.69) is 0 Å². The normalized spacial score (nSPS) is 19.7. The van der Waals surface area contributed by atoms with Gasteiger partial charge in [0.1, 0.15) is 6.10 Å². The van der Waals surface area contributed by atoms with E-state index in [0.29, 0.717) is 12.2 Å². The van der Waals surface area contributed by atoms with Gasteiger partial charge < -0.3 is 9.84 Å². The van der Waals surface area contributed by atoms with E-state index in [4.69, 9.17) is 9.84 Å². The van der Waals surface area contributed by atoms with Gasteiger partial charge in [0.15, 0.2) is 0 Å². The number of amides is 1. The molecule has 1 aromatic rings. The molecule has 1 fully saturated rings. The third-order valence-electron chi connectivity index (χ3n) is 2.39. The summed E-state index contributed by atoms with van der Waals surface area (Å²) in [4.78, 5) is 23.5. The molecule has 1 aliphatic rings. The maximum atomic E-state index is 11.4. The van der Waals surface area contributed by atoms with Crippen LogP contribution in [-0.4, -0.2) is 29.8 Å². The predicted molar refractivity (Wildman–Crippen MR) is 56.7 cm³/mol. The van der Waals surface area contributed by atoms with Crippen molar-refractivity contribution in [1.29, 1.82) is 0 Å². The lowest BCUT2D eigenvalue weighted by molar-refractivity contribution is 0.0697. The summed E-state index contributed by atoms with van der Waals surface area (Å²) < 4.78 is 4.98. The van der Waals surface area contributed by atoms with Gasteiger partial charge in [0.2, 0.25) is 0 Å². The van der Waals surface area contributed by atoms with Crippen LogP contribution in [0.1, 0.15) is 17.3 Å². The van der Waals surface area contributed by atoms with Crippen LogP contribution in [0.5, 0.6) is 0 Å². The van der Waals surface area contributed by atoms with E-state index in [1.807, 2.05) is 6.92 Å². The lowest BCUT2D eigenvalue weighted by Crippen LogP contribution is -2.23. The Balaban J connectivity index is 2.22. The number of nitrogens with zero attached hydrogens (tertiary/aromatic N) is 1. The fraction of sp³-hybridized carbons (Fsp3) is 0.273. The number of rotatable bonds is 2. The molecule has 0 aliphatic carbocycles. The first-order valence-electron chi connectivity index (χ1n) is 4.89. The van der Waals surface area contributed by atoms with Crippen molar-refractivity contribution in [3.05, 3.63) is 29.8 Å². The Morgan fingerprint density at radius 1 is 1.44 bits per heavy atom. The molecule has 84 valence electrons. The zero-order valence-corrected chi connectivity index (χ0v) is 8.71. The fourth-order valence-electron chi connectivity index (χ4n) is 1.60. The standard InChI is InChI=1S/C11H11NO4/c1-7-6-12(11(15)16-7)9-4-2-8(3-5-9)10(13)14/h2-5,7H,6H2,1H3,(H,13,14). The van der Waals surface area contributed by atoms with E-state index in [9.17, 15) is 9.59 Å². The number of cyclic esters (lactones) is 1. The first kappa shape index (κ1) is 10.5. The largest absolute Gasteiger partial charge is 0.478 e. The molecule has 1 heterocycles. The van der Waals surface area contributed by atoms with Crippen molar-refractivity contribution in [2.45, 2.75) is 13.0 Å². The molecule has 0 saturated carbocycles. The number of anilines is 1. The van der Waals surface area contributed by atoms with Gasteiger partial charge >= 0.3 is 12.1 Å². The van der Waals surface area contributed by atoms with Crippen molar-refractivity contribution in [1.82, 2.24) is 0 Å². The van der Waals surface area contributed by atoms with Crippen molar-refractivity contribution < 1.29 is 19.4 Å². The number of carbonyl (C=O) groups is 2. The summed E-state index contributed by atoms with van der Waals surface area (Å²) in [5.41, 5.74) is 0.851. The second kappa shape index (κ2) is 3.84. The molecule has 1 amide bonds. The Morgan fingerprint density at radius 2 is 2.06 bits per heavy atom. The predicted octanol–water partition coefficient (Wildman–Crippen LogP) is 1.73. The number of hydrogen-bond donors (Lipinski definition) is 1. The maximum Gasteiger partial charge on any atom is 0.414 e. The molecular formula is C11H11NO4. The molecule has 0 bridgehead atoms. The summed E-state index contributed by atoms with van der Waals surface area (Å²) in [5.74, 6) is -0.982. The van der Waals surface area contributed by atoms with E-state index in [1.165, 1.54) is 17.0 Å². The third-order valence-corrected chi connectivity index (χ3v) is 2.39. The molecule has 1 aliphatic heterocycles. The quantitative estimate of drug-likeness (QED) is 0.825. The SMILES string of the molecule is CC1CN(c2ccc(C(=O)O)cc2)C(=O)O1. The summed E-state index contributed by atoms with van der Waals surface area (Å²) in [6.45, 7) is 2.30. The van der Waals surface area contributed by atoms with E-state index in [1.54, 1.807) is 12.1 Å². The van der Waals surface area contributed by atoms with Gasteiger partial charge in [0.25, 0.3) is 0 Å². The molecule has 0 radical (unpaired) electrons. The van der Waals surface area contributed by atoms with Crippen molar-refractivity contribution >= 4 is 17.7 Å². The number of carboxylic acid groups (broad SMARTS) is 1. The van der Waals surface area contributed by atoms with Crippen LogP contribution in [0.4, 0.5) is 10.5 Å². The molecule has 1 unspecified atom stereocenters. The van der Waals surface area contributed by atoms with Crippen molar-refractivity contribution in [3.63, 3.8) is 0 Å². The van der Waals surface area contributed by atoms with E-state index >= 15 is 0 Å². The number of carboxylic acids is 1. The van der Waals surface area contributed by atoms with Crippen LogP contribution in [0.3, 0.4) is 0 Å². The van der Waals surface area contributed by atoms with Crippen LogP contribution in [0.15, 0.2) is 24.3 Å². The zero-order chi connectivity index (χ0) is 11.7. The van der Waals surface area contributed by atoms with Crippen molar-refractivity contribution in [2.24, 2.45) is 0 Å². The number of hydrogen-bond acceptors (Lipinski definition) is 3. The van der Waals surface area contributed by atoms with E-state index in [0.717, 1.165) is 0 Å². The average molecular weight is 221 g/mol. The smallest absolute Gasteiger partial charge is 0.414 e. The van der Waals surface area contributed by atoms with Gasteiger partial charge in [-0.1, -0.05) is 0 Å². The van der Waals surface area contributed by atoms with Gasteiger partial charge in [-0.25, -0.2) is 9.59 Å². The van der Waals surface area contributed by atoms with Gasteiger partial charge in [-0.15, -0.1) is 0 Å². The first-order chi connectivity index (χ1) is 7.58. The Labute approximate surface area is 92.2 Å². The minimum atomic E-state index is -0.982. The third kappa shape index (κ3) is 1.84. The van der Waals surface area contributed by atoms with Crippen LogP contribution in [0.2, 0.25) is 0 Å². The highest BCUT2D eigenvalue weighted by molar-refractivity contribution is 5.92. The molecule has 1 atom stereocenters. The van der Waals surface area contributed by atoms with Crippen LogP contribution >= 0.6 is 0 Å². The average Bonchev–Trinajstić information content (AvgIpc) is 2.58. The highest BCUT2D eigenvalue weighted by atomic mass is 16.6. The number of ether oxygens (including phenoxy) is 1. The molecule has 5 nitrogen and oxygen atoms in total. The molecule has 5 heteroatoms. The van der Waals surface area contributed by atoms with Crippen LogP contribution in [0, 0.1) is 0 Å². The summed E-state index contributed by atoms with van der Waals surface area (Å²) in [6.07, 6.45) is -0.526. The Morgan fingerprint density at radius 3 is 2.50 bits per heavy atom. The first-order valence-corrected chi connectivity index (χ1v) is 4.89.